The van der Waals surface area contributed by atoms with Gasteiger partial charge in [0, 0.05) is 12.6 Å². The summed E-state index contributed by atoms with van der Waals surface area (Å²) in [5, 5.41) is 6.77. The number of nitrogens with one attached hydrogen (secondary N) is 2. The summed E-state index contributed by atoms with van der Waals surface area (Å²) in [5.74, 6) is 0.186. The Hall–Kier alpha value is -5.36. The van der Waals surface area contributed by atoms with Gasteiger partial charge in [-0.2, -0.15) is 5.10 Å². The number of anilines is 1. The number of carbonyl (C=O) groups is 2. The van der Waals surface area contributed by atoms with Crippen molar-refractivity contribution >= 4 is 33.7 Å². The molecular formula is C33H34N4O7S. The summed E-state index contributed by atoms with van der Waals surface area (Å²) in [4.78, 5) is 24.9. The number of rotatable bonds is 14. The van der Waals surface area contributed by atoms with Crippen LogP contribution in [0.2, 0.25) is 0 Å². The van der Waals surface area contributed by atoms with Gasteiger partial charge in [0.2, 0.25) is 0 Å². The second-order valence-corrected chi connectivity index (χ2v) is 11.6. The molecule has 0 fully saturated rings. The van der Waals surface area contributed by atoms with Crippen molar-refractivity contribution in [3.8, 4) is 17.2 Å². The highest BCUT2D eigenvalue weighted by Crippen LogP contribution is 2.32. The number of benzene rings is 4. The van der Waals surface area contributed by atoms with Crippen molar-refractivity contribution < 1.29 is 32.2 Å². The number of methoxy groups -OCH3 is 2. The van der Waals surface area contributed by atoms with Crippen molar-refractivity contribution in [2.24, 2.45) is 5.10 Å². The molecule has 2 amide bonds. The molecule has 0 radical (unpaired) electrons. The van der Waals surface area contributed by atoms with Gasteiger partial charge in [-0.05, 0) is 66.6 Å². The predicted molar refractivity (Wildman–Crippen MR) is 171 cm³/mol. The maximum Gasteiger partial charge on any atom is 0.264 e. The van der Waals surface area contributed by atoms with Crippen LogP contribution in [-0.4, -0.2) is 53.8 Å². The minimum absolute atomic E-state index is 0.0759. The van der Waals surface area contributed by atoms with Crippen LogP contribution in [0.3, 0.4) is 0 Å². The third-order valence-electron chi connectivity index (χ3n) is 6.54. The number of hydrazone groups is 1. The molecular weight excluding hydrogens is 596 g/mol. The monoisotopic (exact) mass is 630 g/mol. The molecule has 0 saturated heterocycles. The summed E-state index contributed by atoms with van der Waals surface area (Å²) in [5.41, 5.74) is 5.25. The number of hydrogen-bond donors (Lipinski definition) is 2. The number of amides is 2. The van der Waals surface area contributed by atoms with Crippen molar-refractivity contribution in [3.05, 3.63) is 114 Å². The van der Waals surface area contributed by atoms with Crippen molar-refractivity contribution in [2.45, 2.75) is 18.4 Å². The Balaban J connectivity index is 1.36. The van der Waals surface area contributed by atoms with E-state index in [1.807, 2.05) is 37.3 Å². The van der Waals surface area contributed by atoms with E-state index in [4.69, 9.17) is 14.2 Å². The molecule has 0 aliphatic carbocycles. The van der Waals surface area contributed by atoms with Gasteiger partial charge in [-0.1, -0.05) is 48.0 Å². The first-order chi connectivity index (χ1) is 21.7. The van der Waals surface area contributed by atoms with Gasteiger partial charge < -0.3 is 19.5 Å². The molecule has 0 heterocycles. The molecule has 0 bridgehead atoms. The van der Waals surface area contributed by atoms with Crippen LogP contribution in [0.1, 0.15) is 16.7 Å². The maximum absolute atomic E-state index is 13.7. The molecule has 4 aromatic rings. The molecule has 0 aromatic heterocycles. The molecule has 0 atom stereocenters. The van der Waals surface area contributed by atoms with Gasteiger partial charge in [0.15, 0.2) is 18.1 Å². The fraction of sp³-hybridized carbons (Fsp3) is 0.182. The smallest absolute Gasteiger partial charge is 0.264 e. The van der Waals surface area contributed by atoms with Gasteiger partial charge in [0.25, 0.3) is 21.8 Å². The fourth-order valence-corrected chi connectivity index (χ4v) is 5.56. The highest BCUT2D eigenvalue weighted by Gasteiger charge is 2.28. The van der Waals surface area contributed by atoms with Crippen LogP contribution < -0.4 is 29.3 Å². The lowest BCUT2D eigenvalue weighted by atomic mass is 10.2. The zero-order chi connectivity index (χ0) is 32.2. The summed E-state index contributed by atoms with van der Waals surface area (Å²) < 4.78 is 44.5. The van der Waals surface area contributed by atoms with Gasteiger partial charge in [0.05, 0.1) is 31.0 Å². The SMILES string of the molecule is COc1ccc(S(=O)(=O)N(CC(=O)N/N=C\c2ccc(OCC(=O)NCc3ccccc3)cc2)c2ccc(C)cc2)cc1OC. The minimum atomic E-state index is -4.19. The lowest BCUT2D eigenvalue weighted by Gasteiger charge is -2.24. The Morgan fingerprint density at radius 2 is 1.53 bits per heavy atom. The van der Waals surface area contributed by atoms with Crippen LogP contribution in [0, 0.1) is 6.92 Å². The molecule has 4 rings (SSSR count). The standard InChI is InChI=1S/C33H34N4O7S/c1-24-9-13-27(14-10-24)37(45(40,41)29-17-18-30(42-2)31(19-29)43-3)22-32(38)36-35-21-26-11-15-28(16-12-26)44-23-33(39)34-20-25-7-5-4-6-8-25/h4-19,21H,20,22-23H2,1-3H3,(H,34,39)(H,36,38)/b35-21-. The molecule has 0 aliphatic heterocycles. The van der Waals surface area contributed by atoms with E-state index in [2.05, 4.69) is 15.8 Å². The van der Waals surface area contributed by atoms with Crippen LogP contribution in [0.5, 0.6) is 17.2 Å². The molecule has 12 heteroatoms. The van der Waals surface area contributed by atoms with E-state index in [9.17, 15) is 18.0 Å². The Bertz CT molecular complexity index is 1730. The van der Waals surface area contributed by atoms with Gasteiger partial charge in [-0.15, -0.1) is 0 Å². The molecule has 0 aliphatic rings. The first kappa shape index (κ1) is 32.6. The predicted octanol–water partition coefficient (Wildman–Crippen LogP) is 4.05. The van der Waals surface area contributed by atoms with Crippen LogP contribution in [0.25, 0.3) is 0 Å². The molecule has 11 nitrogen and oxygen atoms in total. The number of hydrogen-bond acceptors (Lipinski definition) is 8. The van der Waals surface area contributed by atoms with E-state index in [0.29, 0.717) is 29.3 Å². The van der Waals surface area contributed by atoms with E-state index < -0.39 is 22.5 Å². The van der Waals surface area contributed by atoms with Crippen LogP contribution in [0.4, 0.5) is 5.69 Å². The normalized spacial score (nSPS) is 11.1. The molecule has 45 heavy (non-hydrogen) atoms. The van der Waals surface area contributed by atoms with E-state index in [1.165, 1.54) is 38.6 Å². The van der Waals surface area contributed by atoms with Gasteiger partial charge in [0.1, 0.15) is 12.3 Å². The summed E-state index contributed by atoms with van der Waals surface area (Å²) in [6, 6.07) is 27.3. The third-order valence-corrected chi connectivity index (χ3v) is 8.31. The zero-order valence-electron chi connectivity index (χ0n) is 25.1. The van der Waals surface area contributed by atoms with Crippen LogP contribution in [0.15, 0.2) is 107 Å². The lowest BCUT2D eigenvalue weighted by Crippen LogP contribution is -2.39. The number of nitrogens with zero attached hydrogens (tertiary/aromatic N) is 2. The average Bonchev–Trinajstić information content (AvgIpc) is 3.06. The molecule has 0 unspecified atom stereocenters. The number of sulfonamides is 1. The molecule has 0 saturated carbocycles. The minimum Gasteiger partial charge on any atom is -0.493 e. The second kappa shape index (κ2) is 15.4. The Kier molecular flexibility index (Phi) is 11.1. The molecule has 0 spiro atoms. The topological polar surface area (TPSA) is 136 Å². The van der Waals surface area contributed by atoms with Crippen molar-refractivity contribution in [1.29, 1.82) is 0 Å². The van der Waals surface area contributed by atoms with E-state index in [1.54, 1.807) is 48.5 Å². The van der Waals surface area contributed by atoms with Crippen molar-refractivity contribution in [2.75, 3.05) is 31.7 Å². The first-order valence-corrected chi connectivity index (χ1v) is 15.3. The van der Waals surface area contributed by atoms with E-state index in [-0.39, 0.29) is 23.2 Å². The van der Waals surface area contributed by atoms with Gasteiger partial charge in [-0.3, -0.25) is 13.9 Å². The van der Waals surface area contributed by atoms with Crippen molar-refractivity contribution in [1.82, 2.24) is 10.7 Å². The van der Waals surface area contributed by atoms with Crippen molar-refractivity contribution in [3.63, 3.8) is 0 Å². The summed E-state index contributed by atoms with van der Waals surface area (Å²) >= 11 is 0. The summed E-state index contributed by atoms with van der Waals surface area (Å²) in [6.07, 6.45) is 1.41. The van der Waals surface area contributed by atoms with Gasteiger partial charge >= 0.3 is 0 Å². The maximum atomic E-state index is 13.7. The highest BCUT2D eigenvalue weighted by molar-refractivity contribution is 7.92. The largest absolute Gasteiger partial charge is 0.493 e. The zero-order valence-corrected chi connectivity index (χ0v) is 25.9. The van der Waals surface area contributed by atoms with Crippen LogP contribution in [-0.2, 0) is 26.2 Å². The van der Waals surface area contributed by atoms with E-state index >= 15 is 0 Å². The first-order valence-electron chi connectivity index (χ1n) is 13.9. The average molecular weight is 631 g/mol. The number of ether oxygens (including phenoxy) is 3. The summed E-state index contributed by atoms with van der Waals surface area (Å²) in [6.45, 7) is 1.62. The lowest BCUT2D eigenvalue weighted by molar-refractivity contribution is -0.123. The molecule has 234 valence electrons. The Morgan fingerprint density at radius 3 is 2.20 bits per heavy atom. The number of carbonyl (C=O) groups excluding carboxylic acids is 2. The third kappa shape index (κ3) is 9.07. The Labute approximate surface area is 262 Å². The summed E-state index contributed by atoms with van der Waals surface area (Å²) in [7, 11) is -1.33. The van der Waals surface area contributed by atoms with Gasteiger partial charge in [-0.25, -0.2) is 13.8 Å². The fourth-order valence-electron chi connectivity index (χ4n) is 4.12. The number of aryl methyl sites for hydroxylation is 1. The second-order valence-electron chi connectivity index (χ2n) is 9.78. The molecule has 2 N–H and O–H groups in total. The Morgan fingerprint density at radius 1 is 0.844 bits per heavy atom. The quantitative estimate of drug-likeness (QED) is 0.159. The molecule has 4 aromatic carbocycles. The highest BCUT2D eigenvalue weighted by atomic mass is 32.2. The van der Waals surface area contributed by atoms with Crippen LogP contribution >= 0.6 is 0 Å². The van der Waals surface area contributed by atoms with E-state index in [0.717, 1.165) is 15.4 Å².